The van der Waals surface area contributed by atoms with Gasteiger partial charge in [-0.15, -0.1) is 0 Å². The first-order chi connectivity index (χ1) is 9.51. The van der Waals surface area contributed by atoms with Crippen molar-refractivity contribution < 1.29 is 0 Å². The van der Waals surface area contributed by atoms with Crippen LogP contribution in [0.25, 0.3) is 0 Å². The van der Waals surface area contributed by atoms with Crippen molar-refractivity contribution in [1.82, 2.24) is 0 Å². The second-order valence-corrected chi connectivity index (χ2v) is 6.79. The van der Waals surface area contributed by atoms with E-state index in [1.54, 1.807) is 0 Å². The summed E-state index contributed by atoms with van der Waals surface area (Å²) in [5.41, 5.74) is 10.1. The van der Waals surface area contributed by atoms with E-state index in [2.05, 4.69) is 50.9 Å². The monoisotopic (exact) mass is 274 g/mol. The molecule has 3 unspecified atom stereocenters. The van der Waals surface area contributed by atoms with Gasteiger partial charge in [0.1, 0.15) is 0 Å². The first-order valence-corrected chi connectivity index (χ1v) is 8.02. The first kappa shape index (κ1) is 15.4. The highest BCUT2D eigenvalue weighted by Crippen LogP contribution is 2.33. The van der Waals surface area contributed by atoms with E-state index in [0.29, 0.717) is 6.04 Å². The SMILES string of the molecule is Cc1cc(C)cc(N(C)C(CN)C2CCCC(C)C2)c1. The summed E-state index contributed by atoms with van der Waals surface area (Å²) in [5.74, 6) is 1.60. The number of rotatable bonds is 4. The van der Waals surface area contributed by atoms with Crippen molar-refractivity contribution in [3.63, 3.8) is 0 Å². The molecule has 1 saturated carbocycles. The van der Waals surface area contributed by atoms with Crippen molar-refractivity contribution in [2.75, 3.05) is 18.5 Å². The molecule has 1 aliphatic carbocycles. The number of nitrogens with zero attached hydrogens (tertiary/aromatic N) is 1. The summed E-state index contributed by atoms with van der Waals surface area (Å²) in [6.07, 6.45) is 5.42. The Balaban J connectivity index is 2.17. The molecule has 1 aliphatic rings. The van der Waals surface area contributed by atoms with E-state index >= 15 is 0 Å². The van der Waals surface area contributed by atoms with E-state index in [4.69, 9.17) is 5.73 Å². The molecule has 112 valence electrons. The molecule has 1 fully saturated rings. The summed E-state index contributed by atoms with van der Waals surface area (Å²) in [7, 11) is 2.21. The molecule has 2 heteroatoms. The van der Waals surface area contributed by atoms with Crippen molar-refractivity contribution in [2.45, 2.75) is 52.5 Å². The molecule has 0 aromatic heterocycles. The van der Waals surface area contributed by atoms with Crippen LogP contribution in [0.4, 0.5) is 5.69 Å². The van der Waals surface area contributed by atoms with Crippen molar-refractivity contribution in [3.8, 4) is 0 Å². The quantitative estimate of drug-likeness (QED) is 0.902. The topological polar surface area (TPSA) is 29.3 Å². The molecule has 0 aliphatic heterocycles. The Morgan fingerprint density at radius 1 is 1.20 bits per heavy atom. The Labute approximate surface area is 124 Å². The van der Waals surface area contributed by atoms with Gasteiger partial charge in [0.05, 0.1) is 0 Å². The predicted octanol–water partition coefficient (Wildman–Crippen LogP) is 3.89. The van der Waals surface area contributed by atoms with Crippen LogP contribution in [-0.4, -0.2) is 19.6 Å². The summed E-state index contributed by atoms with van der Waals surface area (Å²) in [6, 6.07) is 7.26. The molecule has 0 amide bonds. The highest BCUT2D eigenvalue weighted by Gasteiger charge is 2.28. The Morgan fingerprint density at radius 2 is 1.85 bits per heavy atom. The minimum Gasteiger partial charge on any atom is -0.370 e. The molecule has 0 heterocycles. The lowest BCUT2D eigenvalue weighted by atomic mass is 9.78. The van der Waals surface area contributed by atoms with Gasteiger partial charge >= 0.3 is 0 Å². The Kier molecular flexibility index (Phi) is 5.09. The Bertz CT molecular complexity index is 421. The van der Waals surface area contributed by atoms with Crippen LogP contribution in [0.2, 0.25) is 0 Å². The normalized spacial score (nSPS) is 24.4. The number of aryl methyl sites for hydroxylation is 2. The van der Waals surface area contributed by atoms with E-state index in [-0.39, 0.29) is 0 Å². The van der Waals surface area contributed by atoms with Crippen LogP contribution >= 0.6 is 0 Å². The summed E-state index contributed by atoms with van der Waals surface area (Å²) >= 11 is 0. The number of anilines is 1. The molecule has 0 spiro atoms. The van der Waals surface area contributed by atoms with E-state index in [1.807, 2.05) is 0 Å². The fourth-order valence-corrected chi connectivity index (χ4v) is 3.84. The summed E-state index contributed by atoms with van der Waals surface area (Å²) in [5, 5.41) is 0. The van der Waals surface area contributed by atoms with Gasteiger partial charge in [-0.25, -0.2) is 0 Å². The lowest BCUT2D eigenvalue weighted by molar-refractivity contribution is 0.245. The number of nitrogens with two attached hydrogens (primary N) is 1. The maximum atomic E-state index is 6.12. The summed E-state index contributed by atoms with van der Waals surface area (Å²) in [4.78, 5) is 2.42. The molecular formula is C18H30N2. The lowest BCUT2D eigenvalue weighted by Crippen LogP contribution is -2.45. The van der Waals surface area contributed by atoms with Gasteiger partial charge in [-0.05, 0) is 61.8 Å². The molecule has 1 aromatic carbocycles. The van der Waals surface area contributed by atoms with Crippen LogP contribution in [0, 0.1) is 25.7 Å². The smallest absolute Gasteiger partial charge is 0.0437 e. The van der Waals surface area contributed by atoms with E-state index < -0.39 is 0 Å². The van der Waals surface area contributed by atoms with Gasteiger partial charge < -0.3 is 10.6 Å². The summed E-state index contributed by atoms with van der Waals surface area (Å²) < 4.78 is 0. The molecule has 1 aromatic rings. The van der Waals surface area contributed by atoms with Crippen molar-refractivity contribution in [2.24, 2.45) is 17.6 Å². The van der Waals surface area contributed by atoms with Crippen molar-refractivity contribution in [3.05, 3.63) is 29.3 Å². The van der Waals surface area contributed by atoms with Gasteiger partial charge in [-0.3, -0.25) is 0 Å². The molecule has 3 atom stereocenters. The third-order valence-corrected chi connectivity index (χ3v) is 4.87. The number of hydrogen-bond acceptors (Lipinski definition) is 2. The lowest BCUT2D eigenvalue weighted by Gasteiger charge is -2.39. The molecule has 0 radical (unpaired) electrons. The van der Waals surface area contributed by atoms with Gasteiger partial charge in [0, 0.05) is 25.3 Å². The van der Waals surface area contributed by atoms with E-state index in [0.717, 1.165) is 18.4 Å². The maximum Gasteiger partial charge on any atom is 0.0437 e. The largest absolute Gasteiger partial charge is 0.370 e. The standard InChI is InChI=1S/C18H30N2/c1-13-6-5-7-16(9-13)18(12-19)20(4)17-10-14(2)8-15(3)11-17/h8,10-11,13,16,18H,5-7,9,12,19H2,1-4H3. The molecular weight excluding hydrogens is 244 g/mol. The minimum atomic E-state index is 0.471. The van der Waals surface area contributed by atoms with Gasteiger partial charge in [-0.2, -0.15) is 0 Å². The van der Waals surface area contributed by atoms with Gasteiger partial charge in [0.2, 0.25) is 0 Å². The maximum absolute atomic E-state index is 6.12. The third kappa shape index (κ3) is 3.54. The first-order valence-electron chi connectivity index (χ1n) is 8.02. The van der Waals surface area contributed by atoms with Crippen molar-refractivity contribution in [1.29, 1.82) is 0 Å². The fraction of sp³-hybridized carbons (Fsp3) is 0.667. The van der Waals surface area contributed by atoms with E-state index in [1.165, 1.54) is 42.5 Å². The third-order valence-electron chi connectivity index (χ3n) is 4.87. The molecule has 0 saturated heterocycles. The molecule has 2 N–H and O–H groups in total. The molecule has 0 bridgehead atoms. The molecule has 2 rings (SSSR count). The fourth-order valence-electron chi connectivity index (χ4n) is 3.84. The van der Waals surface area contributed by atoms with Crippen LogP contribution in [0.1, 0.15) is 43.7 Å². The zero-order chi connectivity index (χ0) is 14.7. The number of likely N-dealkylation sites (N-methyl/N-ethyl adjacent to an activating group) is 1. The van der Waals surface area contributed by atoms with Crippen LogP contribution in [-0.2, 0) is 0 Å². The molecule has 2 nitrogen and oxygen atoms in total. The van der Waals surface area contributed by atoms with Crippen molar-refractivity contribution >= 4 is 5.69 Å². The average Bonchev–Trinajstić information content (AvgIpc) is 2.38. The van der Waals surface area contributed by atoms with Crippen LogP contribution in [0.15, 0.2) is 18.2 Å². The average molecular weight is 274 g/mol. The van der Waals surface area contributed by atoms with Crippen LogP contribution in [0.3, 0.4) is 0 Å². The Hall–Kier alpha value is -1.02. The highest BCUT2D eigenvalue weighted by atomic mass is 15.1. The minimum absolute atomic E-state index is 0.471. The number of benzene rings is 1. The zero-order valence-electron chi connectivity index (χ0n) is 13.5. The second kappa shape index (κ2) is 6.62. The van der Waals surface area contributed by atoms with Crippen LogP contribution < -0.4 is 10.6 Å². The van der Waals surface area contributed by atoms with Gasteiger partial charge in [-0.1, -0.05) is 25.8 Å². The van der Waals surface area contributed by atoms with Gasteiger partial charge in [0.15, 0.2) is 0 Å². The predicted molar refractivity (Wildman–Crippen MR) is 88.3 cm³/mol. The Morgan fingerprint density at radius 3 is 2.40 bits per heavy atom. The summed E-state index contributed by atoms with van der Waals surface area (Å²) in [6.45, 7) is 7.48. The molecule has 20 heavy (non-hydrogen) atoms. The van der Waals surface area contributed by atoms with Gasteiger partial charge in [0.25, 0.3) is 0 Å². The zero-order valence-corrected chi connectivity index (χ0v) is 13.5. The van der Waals surface area contributed by atoms with E-state index in [9.17, 15) is 0 Å². The highest BCUT2D eigenvalue weighted by molar-refractivity contribution is 5.51. The number of hydrogen-bond donors (Lipinski definition) is 1. The second-order valence-electron chi connectivity index (χ2n) is 6.79. The van der Waals surface area contributed by atoms with Crippen LogP contribution in [0.5, 0.6) is 0 Å².